The number of rotatable bonds is 4. The molecule has 1 aliphatic heterocycles. The third-order valence-corrected chi connectivity index (χ3v) is 4.59. The molecule has 0 aliphatic carbocycles. The van der Waals surface area contributed by atoms with Crippen LogP contribution >= 0.6 is 11.6 Å². The van der Waals surface area contributed by atoms with E-state index in [-0.39, 0.29) is 0 Å². The number of hydrogen-bond acceptors (Lipinski definition) is 3. The van der Waals surface area contributed by atoms with Crippen LogP contribution in [0.3, 0.4) is 0 Å². The number of piperidine rings is 1. The summed E-state index contributed by atoms with van der Waals surface area (Å²) in [6.07, 6.45) is 1.83. The molecule has 118 valence electrons. The van der Waals surface area contributed by atoms with Crippen molar-refractivity contribution in [1.82, 2.24) is 15.1 Å². The van der Waals surface area contributed by atoms with E-state index in [0.717, 1.165) is 42.9 Å². The molecule has 2 N–H and O–H groups in total. The van der Waals surface area contributed by atoms with E-state index in [1.807, 2.05) is 31.2 Å². The van der Waals surface area contributed by atoms with Crippen LogP contribution in [0, 0.1) is 6.92 Å². The molecular weight excluding hydrogens is 298 g/mol. The van der Waals surface area contributed by atoms with Crippen molar-refractivity contribution < 1.29 is 5.11 Å². The minimum absolute atomic E-state index is 0.455. The number of nitrogens with one attached hydrogen (secondary N) is 1. The highest BCUT2D eigenvalue weighted by Crippen LogP contribution is 2.27. The standard InChI is InChI=1S/C17H22ClN3O/c1-12-9-16(20-19-12)14-3-2-8-21(10-14)11-17(22)13-4-6-15(18)7-5-13/h4-7,9,14,17,22H,2-3,8,10-11H2,1H3,(H,19,20)/t14-,17+/m1/s1. The van der Waals surface area contributed by atoms with E-state index in [9.17, 15) is 5.11 Å². The Morgan fingerprint density at radius 3 is 2.86 bits per heavy atom. The highest BCUT2D eigenvalue weighted by atomic mass is 35.5. The Labute approximate surface area is 136 Å². The van der Waals surface area contributed by atoms with Gasteiger partial charge in [0.25, 0.3) is 0 Å². The van der Waals surface area contributed by atoms with Crippen LogP contribution in [-0.2, 0) is 0 Å². The molecule has 0 radical (unpaired) electrons. The molecule has 1 aliphatic rings. The van der Waals surface area contributed by atoms with Gasteiger partial charge < -0.3 is 5.11 Å². The Balaban J connectivity index is 1.61. The fourth-order valence-corrected chi connectivity index (χ4v) is 3.27. The summed E-state index contributed by atoms with van der Waals surface area (Å²) in [5, 5.41) is 18.5. The van der Waals surface area contributed by atoms with Gasteiger partial charge in [0.05, 0.1) is 11.8 Å². The fourth-order valence-electron chi connectivity index (χ4n) is 3.15. The molecule has 3 rings (SSSR count). The molecule has 0 unspecified atom stereocenters. The molecule has 1 aromatic heterocycles. The van der Waals surface area contributed by atoms with Gasteiger partial charge in [-0.05, 0) is 50.1 Å². The first-order valence-corrected chi connectivity index (χ1v) is 8.17. The largest absolute Gasteiger partial charge is 0.387 e. The van der Waals surface area contributed by atoms with Crippen LogP contribution in [-0.4, -0.2) is 39.8 Å². The molecule has 5 heteroatoms. The van der Waals surface area contributed by atoms with Crippen molar-refractivity contribution in [1.29, 1.82) is 0 Å². The maximum absolute atomic E-state index is 10.4. The summed E-state index contributed by atoms with van der Waals surface area (Å²) in [7, 11) is 0. The normalized spacial score (nSPS) is 21.0. The van der Waals surface area contributed by atoms with Gasteiger partial charge in [-0.25, -0.2) is 0 Å². The maximum Gasteiger partial charge on any atom is 0.0916 e. The molecule has 0 saturated carbocycles. The lowest BCUT2D eigenvalue weighted by atomic mass is 9.94. The second-order valence-electron chi connectivity index (χ2n) is 6.14. The van der Waals surface area contributed by atoms with Crippen molar-refractivity contribution in [3.05, 3.63) is 52.3 Å². The van der Waals surface area contributed by atoms with Crippen molar-refractivity contribution >= 4 is 11.6 Å². The van der Waals surface area contributed by atoms with Crippen molar-refractivity contribution in [2.24, 2.45) is 0 Å². The summed E-state index contributed by atoms with van der Waals surface area (Å²) in [5.74, 6) is 0.455. The van der Waals surface area contributed by atoms with Crippen molar-refractivity contribution in [3.63, 3.8) is 0 Å². The van der Waals surface area contributed by atoms with Gasteiger partial charge in [-0.1, -0.05) is 23.7 Å². The van der Waals surface area contributed by atoms with Gasteiger partial charge in [-0.15, -0.1) is 0 Å². The van der Waals surface area contributed by atoms with Crippen molar-refractivity contribution in [2.75, 3.05) is 19.6 Å². The summed E-state index contributed by atoms with van der Waals surface area (Å²) in [5.41, 5.74) is 3.17. The van der Waals surface area contributed by atoms with Crippen LogP contribution in [0.25, 0.3) is 0 Å². The Morgan fingerprint density at radius 2 is 2.18 bits per heavy atom. The third-order valence-electron chi connectivity index (χ3n) is 4.34. The first-order chi connectivity index (χ1) is 10.6. The van der Waals surface area contributed by atoms with E-state index >= 15 is 0 Å². The lowest BCUT2D eigenvalue weighted by molar-refractivity contribution is 0.0950. The number of likely N-dealkylation sites (tertiary alicyclic amines) is 1. The molecule has 1 saturated heterocycles. The second-order valence-corrected chi connectivity index (χ2v) is 6.58. The number of β-amino-alcohol motifs (C(OH)–C–C–N with tert-alkyl or cyclic N) is 1. The van der Waals surface area contributed by atoms with E-state index in [0.29, 0.717) is 17.5 Å². The molecule has 2 heterocycles. The Morgan fingerprint density at radius 1 is 1.41 bits per heavy atom. The number of aliphatic hydroxyl groups excluding tert-OH is 1. The topological polar surface area (TPSA) is 52.1 Å². The van der Waals surface area contributed by atoms with Crippen LogP contribution in [0.4, 0.5) is 0 Å². The highest BCUT2D eigenvalue weighted by Gasteiger charge is 2.24. The summed E-state index contributed by atoms with van der Waals surface area (Å²) < 4.78 is 0. The zero-order valence-electron chi connectivity index (χ0n) is 12.8. The fraction of sp³-hybridized carbons (Fsp3) is 0.471. The van der Waals surface area contributed by atoms with E-state index in [1.54, 1.807) is 0 Å². The number of aryl methyl sites for hydroxylation is 1. The molecule has 2 aromatic rings. The van der Waals surface area contributed by atoms with Crippen molar-refractivity contribution in [2.45, 2.75) is 31.8 Å². The van der Waals surface area contributed by atoms with E-state index in [2.05, 4.69) is 21.2 Å². The van der Waals surface area contributed by atoms with Crippen LogP contribution < -0.4 is 0 Å². The number of benzene rings is 1. The number of aromatic amines is 1. The van der Waals surface area contributed by atoms with E-state index in [1.165, 1.54) is 0 Å². The zero-order valence-corrected chi connectivity index (χ0v) is 13.6. The molecule has 2 atom stereocenters. The Bertz CT molecular complexity index is 611. The van der Waals surface area contributed by atoms with Gasteiger partial charge in [0.2, 0.25) is 0 Å². The number of halogens is 1. The SMILES string of the molecule is Cc1cc([C@@H]2CCCN(C[C@H](O)c3ccc(Cl)cc3)C2)n[nH]1. The lowest BCUT2D eigenvalue weighted by Gasteiger charge is -2.33. The molecule has 1 fully saturated rings. The number of nitrogens with zero attached hydrogens (tertiary/aromatic N) is 2. The first kappa shape index (κ1) is 15.5. The second kappa shape index (κ2) is 6.82. The maximum atomic E-state index is 10.4. The monoisotopic (exact) mass is 319 g/mol. The predicted octanol–water partition coefficient (Wildman–Crippen LogP) is 3.28. The van der Waals surface area contributed by atoms with Gasteiger partial charge in [-0.3, -0.25) is 10.00 Å². The number of H-pyrrole nitrogens is 1. The van der Waals surface area contributed by atoms with Crippen LogP contribution in [0.2, 0.25) is 5.02 Å². The molecule has 1 aromatic carbocycles. The minimum Gasteiger partial charge on any atom is -0.387 e. The van der Waals surface area contributed by atoms with Gasteiger partial charge >= 0.3 is 0 Å². The molecule has 4 nitrogen and oxygen atoms in total. The van der Waals surface area contributed by atoms with Gasteiger partial charge in [0.1, 0.15) is 0 Å². The zero-order chi connectivity index (χ0) is 15.5. The Hall–Kier alpha value is -1.36. The van der Waals surface area contributed by atoms with E-state index in [4.69, 9.17) is 11.6 Å². The molecular formula is C17H22ClN3O. The average Bonchev–Trinajstić information content (AvgIpc) is 2.95. The van der Waals surface area contributed by atoms with Crippen LogP contribution in [0.1, 0.15) is 41.8 Å². The van der Waals surface area contributed by atoms with Gasteiger partial charge in [0.15, 0.2) is 0 Å². The number of aliphatic hydroxyl groups is 1. The van der Waals surface area contributed by atoms with E-state index < -0.39 is 6.10 Å². The number of hydrogen-bond donors (Lipinski definition) is 2. The molecule has 0 bridgehead atoms. The van der Waals surface area contributed by atoms with Gasteiger partial charge in [-0.2, -0.15) is 5.10 Å². The van der Waals surface area contributed by atoms with Crippen molar-refractivity contribution in [3.8, 4) is 0 Å². The van der Waals surface area contributed by atoms with Gasteiger partial charge in [0, 0.05) is 29.7 Å². The molecule has 0 spiro atoms. The summed E-state index contributed by atoms with van der Waals surface area (Å²) >= 11 is 5.90. The summed E-state index contributed by atoms with van der Waals surface area (Å²) in [6, 6.07) is 9.57. The number of aromatic nitrogens is 2. The minimum atomic E-state index is -0.475. The average molecular weight is 320 g/mol. The molecule has 22 heavy (non-hydrogen) atoms. The first-order valence-electron chi connectivity index (χ1n) is 7.79. The smallest absolute Gasteiger partial charge is 0.0916 e. The molecule has 0 amide bonds. The highest BCUT2D eigenvalue weighted by molar-refractivity contribution is 6.30. The summed E-state index contributed by atoms with van der Waals surface area (Å²) in [6.45, 7) is 4.67. The summed E-state index contributed by atoms with van der Waals surface area (Å²) in [4.78, 5) is 2.33. The Kier molecular flexibility index (Phi) is 4.81. The van der Waals surface area contributed by atoms with Crippen LogP contribution in [0.5, 0.6) is 0 Å². The third kappa shape index (κ3) is 3.69. The lowest BCUT2D eigenvalue weighted by Crippen LogP contribution is -2.37. The van der Waals surface area contributed by atoms with Crippen LogP contribution in [0.15, 0.2) is 30.3 Å². The predicted molar refractivity (Wildman–Crippen MR) is 88.2 cm³/mol. The quantitative estimate of drug-likeness (QED) is 0.909.